The molecule has 16 heavy (non-hydrogen) atoms. The van der Waals surface area contributed by atoms with Crippen molar-refractivity contribution >= 4 is 5.97 Å². The summed E-state index contributed by atoms with van der Waals surface area (Å²) < 4.78 is 1.63. The molecule has 0 saturated heterocycles. The number of aromatic nitrogens is 2. The van der Waals surface area contributed by atoms with Gasteiger partial charge >= 0.3 is 5.97 Å². The molecule has 1 atom stereocenters. The van der Waals surface area contributed by atoms with E-state index in [9.17, 15) is 9.90 Å². The Morgan fingerprint density at radius 3 is 2.44 bits per heavy atom. The predicted octanol–water partition coefficient (Wildman–Crippen LogP) is 2.35. The Labute approximate surface area is 96.3 Å². The van der Waals surface area contributed by atoms with Gasteiger partial charge in [0, 0.05) is 5.69 Å². The first-order chi connectivity index (χ1) is 7.27. The van der Waals surface area contributed by atoms with Crippen molar-refractivity contribution in [3.63, 3.8) is 0 Å². The Kier molecular flexibility index (Phi) is 3.41. The minimum absolute atomic E-state index is 0.310. The normalized spacial score (nSPS) is 15.1. The van der Waals surface area contributed by atoms with Crippen molar-refractivity contribution in [2.75, 3.05) is 0 Å². The zero-order valence-electron chi connectivity index (χ0n) is 10.6. The molecule has 0 amide bonds. The van der Waals surface area contributed by atoms with Crippen LogP contribution in [0.4, 0.5) is 0 Å². The van der Waals surface area contributed by atoms with E-state index in [-0.39, 0.29) is 0 Å². The average molecular weight is 224 g/mol. The van der Waals surface area contributed by atoms with Crippen LogP contribution in [-0.4, -0.2) is 20.9 Å². The van der Waals surface area contributed by atoms with Crippen LogP contribution in [-0.2, 0) is 10.3 Å². The first-order valence-electron chi connectivity index (χ1n) is 5.54. The van der Waals surface area contributed by atoms with E-state index in [0.29, 0.717) is 12.3 Å². The summed E-state index contributed by atoms with van der Waals surface area (Å²) in [5.74, 6) is -0.516. The molecule has 1 aromatic heterocycles. The number of carboxylic acids is 1. The van der Waals surface area contributed by atoms with Gasteiger partial charge in [0.1, 0.15) is 0 Å². The molecule has 1 rings (SSSR count). The molecule has 0 aliphatic heterocycles. The van der Waals surface area contributed by atoms with Gasteiger partial charge in [-0.15, -0.1) is 0 Å². The molecule has 4 nitrogen and oxygen atoms in total. The monoisotopic (exact) mass is 224 g/mol. The van der Waals surface area contributed by atoms with Gasteiger partial charge in [-0.3, -0.25) is 4.68 Å². The number of carboxylic acid groups (broad SMARTS) is 1. The molecule has 0 radical (unpaired) electrons. The van der Waals surface area contributed by atoms with Gasteiger partial charge in [0.25, 0.3) is 0 Å². The van der Waals surface area contributed by atoms with Crippen LogP contribution in [0.2, 0.25) is 0 Å². The Bertz CT molecular complexity index is 396. The maximum Gasteiger partial charge on any atom is 0.331 e. The number of hydrogen-bond donors (Lipinski definition) is 1. The highest BCUT2D eigenvalue weighted by molar-refractivity contribution is 5.76. The fourth-order valence-electron chi connectivity index (χ4n) is 2.19. The molecule has 1 heterocycles. The van der Waals surface area contributed by atoms with Crippen LogP contribution in [0.15, 0.2) is 6.07 Å². The maximum absolute atomic E-state index is 11.5. The predicted molar refractivity (Wildman–Crippen MR) is 62.4 cm³/mol. The molecule has 0 bridgehead atoms. The molecule has 0 aliphatic carbocycles. The lowest BCUT2D eigenvalue weighted by Gasteiger charge is -2.28. The van der Waals surface area contributed by atoms with Crippen molar-refractivity contribution < 1.29 is 9.90 Å². The van der Waals surface area contributed by atoms with Crippen LogP contribution in [0.25, 0.3) is 0 Å². The molecule has 0 saturated carbocycles. The summed E-state index contributed by atoms with van der Waals surface area (Å²) in [4.78, 5) is 11.5. The van der Waals surface area contributed by atoms with Gasteiger partial charge < -0.3 is 5.11 Å². The molecule has 0 aliphatic rings. The third-order valence-corrected chi connectivity index (χ3v) is 2.74. The fraction of sp³-hybridized carbons (Fsp3) is 0.667. The van der Waals surface area contributed by atoms with Crippen LogP contribution < -0.4 is 0 Å². The van der Waals surface area contributed by atoms with Crippen molar-refractivity contribution in [3.8, 4) is 0 Å². The van der Waals surface area contributed by atoms with Gasteiger partial charge in [0.2, 0.25) is 0 Å². The van der Waals surface area contributed by atoms with E-state index in [1.165, 1.54) is 0 Å². The summed E-state index contributed by atoms with van der Waals surface area (Å²) in [5, 5.41) is 13.7. The van der Waals surface area contributed by atoms with Gasteiger partial charge in [0.15, 0.2) is 5.54 Å². The summed E-state index contributed by atoms with van der Waals surface area (Å²) in [6, 6.07) is 1.90. The third kappa shape index (κ3) is 2.26. The lowest BCUT2D eigenvalue weighted by molar-refractivity contribution is -0.148. The minimum atomic E-state index is -0.952. The van der Waals surface area contributed by atoms with E-state index in [1.54, 1.807) is 11.6 Å². The molecule has 1 aromatic rings. The second-order valence-electron chi connectivity index (χ2n) is 5.02. The highest BCUT2D eigenvalue weighted by atomic mass is 16.4. The third-order valence-electron chi connectivity index (χ3n) is 2.74. The zero-order valence-corrected chi connectivity index (χ0v) is 10.6. The second kappa shape index (κ2) is 4.28. The largest absolute Gasteiger partial charge is 0.479 e. The van der Waals surface area contributed by atoms with Crippen molar-refractivity contribution in [1.82, 2.24) is 9.78 Å². The summed E-state index contributed by atoms with van der Waals surface area (Å²) >= 11 is 0. The number of carbonyl (C=O) groups is 1. The van der Waals surface area contributed by atoms with Crippen LogP contribution in [0, 0.1) is 19.8 Å². The SMILES string of the molecule is Cc1cc(C)n(C(C)(CC(C)C)C(=O)O)n1. The highest BCUT2D eigenvalue weighted by Crippen LogP contribution is 2.26. The van der Waals surface area contributed by atoms with E-state index < -0.39 is 11.5 Å². The molecule has 0 aromatic carbocycles. The fourth-order valence-corrected chi connectivity index (χ4v) is 2.19. The van der Waals surface area contributed by atoms with Crippen molar-refractivity contribution in [3.05, 3.63) is 17.5 Å². The number of nitrogens with zero attached hydrogens (tertiary/aromatic N) is 2. The average Bonchev–Trinajstić information content (AvgIpc) is 2.44. The molecule has 4 heteroatoms. The summed E-state index contributed by atoms with van der Waals surface area (Å²) in [6.45, 7) is 9.54. The van der Waals surface area contributed by atoms with E-state index in [0.717, 1.165) is 11.4 Å². The Morgan fingerprint density at radius 2 is 2.12 bits per heavy atom. The Morgan fingerprint density at radius 1 is 1.56 bits per heavy atom. The van der Waals surface area contributed by atoms with Crippen molar-refractivity contribution in [1.29, 1.82) is 0 Å². The highest BCUT2D eigenvalue weighted by Gasteiger charge is 2.37. The Hall–Kier alpha value is -1.32. The van der Waals surface area contributed by atoms with Gasteiger partial charge in [0.05, 0.1) is 5.69 Å². The van der Waals surface area contributed by atoms with Gasteiger partial charge in [-0.2, -0.15) is 5.10 Å². The first kappa shape index (κ1) is 12.7. The molecule has 1 unspecified atom stereocenters. The standard InChI is InChI=1S/C12H20N2O2/c1-8(2)7-12(5,11(15)16)14-10(4)6-9(3)13-14/h6,8H,7H2,1-5H3,(H,15,16). The van der Waals surface area contributed by atoms with E-state index in [2.05, 4.69) is 5.10 Å². The van der Waals surface area contributed by atoms with Crippen molar-refractivity contribution in [2.45, 2.75) is 46.6 Å². The topological polar surface area (TPSA) is 55.1 Å². The minimum Gasteiger partial charge on any atom is -0.479 e. The van der Waals surface area contributed by atoms with Crippen LogP contribution in [0.3, 0.4) is 0 Å². The molecular formula is C12H20N2O2. The number of aliphatic carboxylic acids is 1. The van der Waals surface area contributed by atoms with Crippen LogP contribution in [0.1, 0.15) is 38.6 Å². The zero-order chi connectivity index (χ0) is 12.5. The van der Waals surface area contributed by atoms with E-state index in [4.69, 9.17) is 0 Å². The van der Waals surface area contributed by atoms with Gasteiger partial charge in [-0.25, -0.2) is 4.79 Å². The Balaban J connectivity index is 3.21. The summed E-state index contributed by atoms with van der Waals surface area (Å²) in [7, 11) is 0. The molecule has 0 fully saturated rings. The quantitative estimate of drug-likeness (QED) is 0.854. The second-order valence-corrected chi connectivity index (χ2v) is 5.02. The number of hydrogen-bond acceptors (Lipinski definition) is 2. The molecular weight excluding hydrogens is 204 g/mol. The van der Waals surface area contributed by atoms with Gasteiger partial charge in [-0.1, -0.05) is 13.8 Å². The van der Waals surface area contributed by atoms with E-state index in [1.807, 2.05) is 33.8 Å². The lowest BCUT2D eigenvalue weighted by atomic mass is 9.91. The lowest BCUT2D eigenvalue weighted by Crippen LogP contribution is -2.41. The summed E-state index contributed by atoms with van der Waals surface area (Å²) in [6.07, 6.45) is 0.574. The molecule has 1 N–H and O–H groups in total. The van der Waals surface area contributed by atoms with E-state index >= 15 is 0 Å². The van der Waals surface area contributed by atoms with Crippen LogP contribution in [0.5, 0.6) is 0 Å². The number of rotatable bonds is 4. The van der Waals surface area contributed by atoms with Gasteiger partial charge in [-0.05, 0) is 39.2 Å². The smallest absolute Gasteiger partial charge is 0.331 e. The maximum atomic E-state index is 11.5. The van der Waals surface area contributed by atoms with Crippen molar-refractivity contribution in [2.24, 2.45) is 5.92 Å². The molecule has 0 spiro atoms. The van der Waals surface area contributed by atoms with Crippen LogP contribution >= 0.6 is 0 Å². The first-order valence-corrected chi connectivity index (χ1v) is 5.54. The summed E-state index contributed by atoms with van der Waals surface area (Å²) in [5.41, 5.74) is 0.795. The number of aryl methyl sites for hydroxylation is 2. The molecule has 90 valence electrons.